The monoisotopic (exact) mass is 301 g/mol. The highest BCUT2D eigenvalue weighted by molar-refractivity contribution is 6.35. The number of nitriles is 1. The van der Waals surface area contributed by atoms with Crippen molar-refractivity contribution < 1.29 is 9.72 Å². The van der Waals surface area contributed by atoms with E-state index in [1.54, 1.807) is 12.1 Å². The van der Waals surface area contributed by atoms with Crippen molar-refractivity contribution in [2.75, 3.05) is 5.32 Å². The topological polar surface area (TPSA) is 96.0 Å². The van der Waals surface area contributed by atoms with Crippen LogP contribution in [0.15, 0.2) is 42.5 Å². The number of nitrogens with zero attached hydrogens (tertiary/aromatic N) is 2. The van der Waals surface area contributed by atoms with Crippen LogP contribution >= 0.6 is 11.6 Å². The maximum Gasteiger partial charge on any atom is 0.283 e. The van der Waals surface area contributed by atoms with Gasteiger partial charge in [0.15, 0.2) is 0 Å². The van der Waals surface area contributed by atoms with Crippen LogP contribution in [0.3, 0.4) is 0 Å². The van der Waals surface area contributed by atoms with Gasteiger partial charge in [0, 0.05) is 6.07 Å². The van der Waals surface area contributed by atoms with Crippen LogP contribution in [0, 0.1) is 21.4 Å². The highest BCUT2D eigenvalue weighted by Gasteiger charge is 2.23. The van der Waals surface area contributed by atoms with E-state index in [2.05, 4.69) is 5.32 Å². The van der Waals surface area contributed by atoms with Crippen molar-refractivity contribution in [2.24, 2.45) is 0 Å². The van der Waals surface area contributed by atoms with E-state index in [-0.39, 0.29) is 21.8 Å². The Kier molecular flexibility index (Phi) is 4.16. The predicted octanol–water partition coefficient (Wildman–Crippen LogP) is 3.37. The summed E-state index contributed by atoms with van der Waals surface area (Å²) in [7, 11) is 0. The number of nitro groups is 1. The highest BCUT2D eigenvalue weighted by Crippen LogP contribution is 2.27. The van der Waals surface area contributed by atoms with Crippen LogP contribution in [0.5, 0.6) is 0 Å². The number of anilines is 1. The number of hydrogen-bond acceptors (Lipinski definition) is 4. The molecule has 2 aromatic rings. The molecule has 6 nitrogen and oxygen atoms in total. The Balaban J connectivity index is 2.42. The van der Waals surface area contributed by atoms with Crippen molar-refractivity contribution in [3.05, 3.63) is 68.7 Å². The van der Waals surface area contributed by atoms with Crippen LogP contribution in [0.2, 0.25) is 5.02 Å². The quantitative estimate of drug-likeness (QED) is 0.694. The molecule has 0 aliphatic rings. The Morgan fingerprint density at radius 2 is 1.95 bits per heavy atom. The molecule has 2 rings (SSSR count). The molecule has 0 radical (unpaired) electrons. The minimum absolute atomic E-state index is 0.0314. The fraction of sp³-hybridized carbons (Fsp3) is 0. The van der Waals surface area contributed by atoms with Gasteiger partial charge in [0.05, 0.1) is 21.2 Å². The Hall–Kier alpha value is -2.91. The number of carbonyl (C=O) groups excluding carboxylic acids is 1. The lowest BCUT2D eigenvalue weighted by molar-refractivity contribution is -0.385. The zero-order chi connectivity index (χ0) is 15.4. The predicted molar refractivity (Wildman–Crippen MR) is 77.2 cm³/mol. The zero-order valence-corrected chi connectivity index (χ0v) is 11.3. The van der Waals surface area contributed by atoms with E-state index in [0.717, 1.165) is 0 Å². The normalized spacial score (nSPS) is 9.71. The summed E-state index contributed by atoms with van der Waals surface area (Å²) in [6.07, 6.45) is 0. The van der Waals surface area contributed by atoms with Gasteiger partial charge in [-0.1, -0.05) is 29.8 Å². The third-order valence-corrected chi connectivity index (χ3v) is 3.03. The summed E-state index contributed by atoms with van der Waals surface area (Å²) < 4.78 is 0. The molecule has 21 heavy (non-hydrogen) atoms. The van der Waals surface area contributed by atoms with Crippen LogP contribution in [-0.2, 0) is 0 Å². The van der Waals surface area contributed by atoms with Gasteiger partial charge in [0.2, 0.25) is 0 Å². The van der Waals surface area contributed by atoms with E-state index in [0.29, 0.717) is 0 Å². The van der Waals surface area contributed by atoms with Crippen LogP contribution in [0.1, 0.15) is 15.9 Å². The molecule has 0 heterocycles. The van der Waals surface area contributed by atoms with Gasteiger partial charge in [-0.3, -0.25) is 14.9 Å². The molecule has 0 saturated carbocycles. The molecule has 2 aromatic carbocycles. The second-order valence-electron chi connectivity index (χ2n) is 4.00. The first kappa shape index (κ1) is 14.5. The standard InChI is InChI=1S/C14H8ClN3O3/c15-10-5-3-7-12(18(20)21)13(10)14(19)17-11-6-2-1-4-9(11)8-16/h1-7H,(H,17,19). The van der Waals surface area contributed by atoms with Gasteiger partial charge in [-0.2, -0.15) is 5.26 Å². The number of para-hydroxylation sites is 1. The van der Waals surface area contributed by atoms with Gasteiger partial charge in [0.25, 0.3) is 11.6 Å². The highest BCUT2D eigenvalue weighted by atomic mass is 35.5. The minimum Gasteiger partial charge on any atom is -0.321 e. The minimum atomic E-state index is -0.741. The average Bonchev–Trinajstić information content (AvgIpc) is 2.47. The number of nitro benzene ring substituents is 1. The van der Waals surface area contributed by atoms with E-state index in [9.17, 15) is 14.9 Å². The molecule has 0 aliphatic heterocycles. The fourth-order valence-electron chi connectivity index (χ4n) is 1.76. The van der Waals surface area contributed by atoms with Crippen LogP contribution in [0.25, 0.3) is 0 Å². The van der Waals surface area contributed by atoms with E-state index in [4.69, 9.17) is 16.9 Å². The molecule has 0 spiro atoms. The molecule has 0 unspecified atom stereocenters. The summed E-state index contributed by atoms with van der Waals surface area (Å²) in [5.41, 5.74) is -0.119. The zero-order valence-electron chi connectivity index (χ0n) is 10.5. The lowest BCUT2D eigenvalue weighted by atomic mass is 10.1. The molecule has 0 bridgehead atoms. The van der Waals surface area contributed by atoms with Gasteiger partial charge in [-0.25, -0.2) is 0 Å². The number of amides is 1. The first-order chi connectivity index (χ1) is 10.0. The molecule has 0 fully saturated rings. The van der Waals surface area contributed by atoms with Gasteiger partial charge >= 0.3 is 0 Å². The lowest BCUT2D eigenvalue weighted by Crippen LogP contribution is -2.15. The maximum absolute atomic E-state index is 12.2. The third kappa shape index (κ3) is 2.99. The second kappa shape index (κ2) is 6.03. The van der Waals surface area contributed by atoms with Gasteiger partial charge in [-0.05, 0) is 18.2 Å². The summed E-state index contributed by atoms with van der Waals surface area (Å²) >= 11 is 5.88. The van der Waals surface area contributed by atoms with Gasteiger partial charge in [0.1, 0.15) is 11.6 Å². The molecule has 0 saturated heterocycles. The number of benzene rings is 2. The molecule has 7 heteroatoms. The van der Waals surface area contributed by atoms with Crippen molar-refractivity contribution in [1.82, 2.24) is 0 Å². The van der Waals surface area contributed by atoms with Crippen molar-refractivity contribution in [1.29, 1.82) is 5.26 Å². The van der Waals surface area contributed by atoms with Gasteiger partial charge < -0.3 is 5.32 Å². The van der Waals surface area contributed by atoms with Crippen LogP contribution < -0.4 is 5.32 Å². The number of hydrogen-bond donors (Lipinski definition) is 1. The summed E-state index contributed by atoms with van der Waals surface area (Å²) in [5.74, 6) is -0.741. The van der Waals surface area contributed by atoms with Crippen LogP contribution in [-0.4, -0.2) is 10.8 Å². The average molecular weight is 302 g/mol. The van der Waals surface area contributed by atoms with Crippen LogP contribution in [0.4, 0.5) is 11.4 Å². The fourth-order valence-corrected chi connectivity index (χ4v) is 2.02. The molecule has 1 N–H and O–H groups in total. The molecular formula is C14H8ClN3O3. The number of rotatable bonds is 3. The van der Waals surface area contributed by atoms with Crippen molar-refractivity contribution in [3.8, 4) is 6.07 Å². The largest absolute Gasteiger partial charge is 0.321 e. The van der Waals surface area contributed by atoms with Crippen molar-refractivity contribution >= 4 is 28.9 Å². The maximum atomic E-state index is 12.2. The van der Waals surface area contributed by atoms with Crippen molar-refractivity contribution in [3.63, 3.8) is 0 Å². The summed E-state index contributed by atoms with van der Waals surface area (Å²) in [6.45, 7) is 0. The Bertz CT molecular complexity index is 768. The van der Waals surface area contributed by atoms with E-state index in [1.165, 1.54) is 30.3 Å². The molecule has 0 aliphatic carbocycles. The lowest BCUT2D eigenvalue weighted by Gasteiger charge is -2.08. The first-order valence-corrected chi connectivity index (χ1v) is 6.15. The second-order valence-corrected chi connectivity index (χ2v) is 4.41. The summed E-state index contributed by atoms with van der Waals surface area (Å²) in [4.78, 5) is 22.5. The molecular weight excluding hydrogens is 294 g/mol. The van der Waals surface area contributed by atoms with E-state index in [1.807, 2.05) is 6.07 Å². The van der Waals surface area contributed by atoms with E-state index < -0.39 is 16.5 Å². The number of carbonyl (C=O) groups is 1. The smallest absolute Gasteiger partial charge is 0.283 e. The number of halogens is 1. The molecule has 0 aromatic heterocycles. The third-order valence-electron chi connectivity index (χ3n) is 2.71. The first-order valence-electron chi connectivity index (χ1n) is 5.78. The molecule has 1 amide bonds. The summed E-state index contributed by atoms with van der Waals surface area (Å²) in [6, 6.07) is 12.2. The van der Waals surface area contributed by atoms with Gasteiger partial charge in [-0.15, -0.1) is 0 Å². The number of nitrogens with one attached hydrogen (secondary N) is 1. The summed E-state index contributed by atoms with van der Waals surface area (Å²) in [5, 5.41) is 22.4. The van der Waals surface area contributed by atoms with Crippen molar-refractivity contribution in [2.45, 2.75) is 0 Å². The Morgan fingerprint density at radius 1 is 1.24 bits per heavy atom. The Morgan fingerprint density at radius 3 is 2.62 bits per heavy atom. The SMILES string of the molecule is N#Cc1ccccc1NC(=O)c1c(Cl)cccc1[N+](=O)[O-]. The van der Waals surface area contributed by atoms with E-state index >= 15 is 0 Å². The Labute approximate surface area is 124 Å². The molecule has 0 atom stereocenters. The molecule has 104 valence electrons.